The Kier molecular flexibility index (Phi) is 6.04. The molecule has 2 aromatic carbocycles. The molecule has 0 aliphatic carbocycles. The van der Waals surface area contributed by atoms with E-state index in [1.165, 1.54) is 38.5 Å². The fourth-order valence-electron chi connectivity index (χ4n) is 3.51. The quantitative estimate of drug-likeness (QED) is 0.302. The molecule has 1 aliphatic heterocycles. The van der Waals surface area contributed by atoms with Crippen LogP contribution in [0.1, 0.15) is 0 Å². The summed E-state index contributed by atoms with van der Waals surface area (Å²) in [6.07, 6.45) is -5.77. The number of hydrogen-bond acceptors (Lipinski definition) is 10. The molecule has 0 bridgehead atoms. The van der Waals surface area contributed by atoms with E-state index in [9.17, 15) is 30.6 Å². The summed E-state index contributed by atoms with van der Waals surface area (Å²) in [7, 11) is 2.70. The SMILES string of the molecule is COc1cc(-c2[o+]c3cc(O)cc(O)c3cc2O[C@@H]2OC[C@H](O)[C@H](O)[C@H]2O)cc(OC)c1O. The zero-order valence-corrected chi connectivity index (χ0v) is 17.6. The molecule has 176 valence electrons. The minimum absolute atomic E-state index is 0.0223. The van der Waals surface area contributed by atoms with Gasteiger partial charge in [0.1, 0.15) is 35.2 Å². The Morgan fingerprint density at radius 3 is 2.18 bits per heavy atom. The zero-order chi connectivity index (χ0) is 23.9. The van der Waals surface area contributed by atoms with E-state index in [2.05, 4.69) is 0 Å². The molecule has 1 aliphatic rings. The molecule has 3 aromatic rings. The summed E-state index contributed by atoms with van der Waals surface area (Å²) in [6, 6.07) is 6.66. The second-order valence-electron chi connectivity index (χ2n) is 7.41. The first-order valence-corrected chi connectivity index (χ1v) is 9.84. The van der Waals surface area contributed by atoms with Crippen molar-refractivity contribution in [2.45, 2.75) is 24.6 Å². The van der Waals surface area contributed by atoms with Gasteiger partial charge < -0.3 is 49.6 Å². The van der Waals surface area contributed by atoms with E-state index < -0.39 is 24.6 Å². The number of methoxy groups -OCH3 is 2. The molecule has 11 heteroatoms. The molecule has 11 nitrogen and oxygen atoms in total. The maximum Gasteiger partial charge on any atom is 0.402 e. The average molecular weight is 463 g/mol. The highest BCUT2D eigenvalue weighted by atomic mass is 16.7. The highest BCUT2D eigenvalue weighted by Gasteiger charge is 2.40. The summed E-state index contributed by atoms with van der Waals surface area (Å²) in [5, 5.41) is 60.5. The summed E-state index contributed by atoms with van der Waals surface area (Å²) in [6.45, 7) is -0.289. The number of phenolic OH excluding ortho intramolecular Hbond substituents is 3. The van der Waals surface area contributed by atoms with E-state index in [1.54, 1.807) is 0 Å². The predicted molar refractivity (Wildman–Crippen MR) is 113 cm³/mol. The first-order valence-electron chi connectivity index (χ1n) is 9.84. The summed E-state index contributed by atoms with van der Waals surface area (Å²) >= 11 is 0. The third kappa shape index (κ3) is 4.14. The maximum atomic E-state index is 10.3. The number of ether oxygens (including phenoxy) is 4. The number of rotatable bonds is 5. The van der Waals surface area contributed by atoms with Gasteiger partial charge in [0.2, 0.25) is 17.8 Å². The molecule has 6 N–H and O–H groups in total. The van der Waals surface area contributed by atoms with Crippen molar-refractivity contribution >= 4 is 11.0 Å². The number of fused-ring (bicyclic) bond motifs is 1. The number of phenols is 3. The largest absolute Gasteiger partial charge is 0.507 e. The second kappa shape index (κ2) is 8.79. The molecule has 0 saturated carbocycles. The fourth-order valence-corrected chi connectivity index (χ4v) is 3.51. The fraction of sp³-hybridized carbons (Fsp3) is 0.318. The van der Waals surface area contributed by atoms with Crippen LogP contribution in [0.4, 0.5) is 0 Å². The van der Waals surface area contributed by atoms with Gasteiger partial charge in [-0.3, -0.25) is 0 Å². The number of aliphatic hydroxyl groups excluding tert-OH is 3. The average Bonchev–Trinajstić information content (AvgIpc) is 2.79. The molecular formula is C22H23O11+. The van der Waals surface area contributed by atoms with Crippen molar-refractivity contribution in [1.82, 2.24) is 0 Å². The monoisotopic (exact) mass is 463 g/mol. The van der Waals surface area contributed by atoms with E-state index in [0.717, 1.165) is 6.07 Å². The Bertz CT molecular complexity index is 1150. The lowest BCUT2D eigenvalue weighted by atomic mass is 10.1. The molecule has 1 aromatic heterocycles. The lowest BCUT2D eigenvalue weighted by Crippen LogP contribution is -2.54. The van der Waals surface area contributed by atoms with Crippen LogP contribution in [-0.2, 0) is 4.74 Å². The van der Waals surface area contributed by atoms with Crippen molar-refractivity contribution in [3.8, 4) is 45.8 Å². The van der Waals surface area contributed by atoms with E-state index >= 15 is 0 Å². The highest BCUT2D eigenvalue weighted by Crippen LogP contribution is 2.45. The van der Waals surface area contributed by atoms with Gasteiger partial charge in [-0.05, 0) is 0 Å². The third-order valence-electron chi connectivity index (χ3n) is 5.26. The molecule has 4 rings (SSSR count). The van der Waals surface area contributed by atoms with Gasteiger partial charge in [-0.2, -0.15) is 0 Å². The Morgan fingerprint density at radius 1 is 0.879 bits per heavy atom. The molecule has 1 saturated heterocycles. The topological polar surface area (TPSA) is 170 Å². The summed E-state index contributed by atoms with van der Waals surface area (Å²) in [5.41, 5.74) is 0.411. The standard InChI is InChI=1S/C22H22O11/c1-29-15-3-9(4-16(30-2)19(15)27)21-17(33-22-20(28)18(26)13(25)8-31-22)7-11-12(24)5-10(23)6-14(11)32-21/h3-7,13,18,20,22,25-26,28H,8H2,1-2H3,(H2-,23,24,27)/p+1/t13-,18-,20+,22-/m0/s1. The lowest BCUT2D eigenvalue weighted by molar-refractivity contribution is -0.242. The Hall–Kier alpha value is -3.51. The molecule has 0 unspecified atom stereocenters. The van der Waals surface area contributed by atoms with Crippen molar-refractivity contribution in [2.75, 3.05) is 20.8 Å². The van der Waals surface area contributed by atoms with Crippen LogP contribution in [0.15, 0.2) is 34.7 Å². The summed E-state index contributed by atoms with van der Waals surface area (Å²) < 4.78 is 27.4. The Balaban J connectivity index is 1.89. The van der Waals surface area contributed by atoms with Crippen LogP contribution in [0.2, 0.25) is 0 Å². The van der Waals surface area contributed by atoms with Gasteiger partial charge in [-0.15, -0.1) is 0 Å². The summed E-state index contributed by atoms with van der Waals surface area (Å²) in [5.74, 6) is -0.635. The van der Waals surface area contributed by atoms with Gasteiger partial charge in [0.25, 0.3) is 0 Å². The van der Waals surface area contributed by atoms with E-state index in [-0.39, 0.29) is 57.8 Å². The Morgan fingerprint density at radius 2 is 1.55 bits per heavy atom. The van der Waals surface area contributed by atoms with Crippen LogP contribution in [0.3, 0.4) is 0 Å². The number of aromatic hydroxyl groups is 3. The zero-order valence-electron chi connectivity index (χ0n) is 17.6. The van der Waals surface area contributed by atoms with Crippen molar-refractivity contribution in [3.05, 3.63) is 30.3 Å². The van der Waals surface area contributed by atoms with Crippen LogP contribution >= 0.6 is 0 Å². The van der Waals surface area contributed by atoms with Crippen molar-refractivity contribution in [2.24, 2.45) is 0 Å². The lowest BCUT2D eigenvalue weighted by Gasteiger charge is -2.34. The highest BCUT2D eigenvalue weighted by molar-refractivity contribution is 5.88. The molecule has 0 radical (unpaired) electrons. The molecule has 33 heavy (non-hydrogen) atoms. The maximum absolute atomic E-state index is 10.3. The number of benzene rings is 2. The smallest absolute Gasteiger partial charge is 0.402 e. The van der Waals surface area contributed by atoms with Crippen molar-refractivity contribution < 1.29 is 54.0 Å². The van der Waals surface area contributed by atoms with Crippen LogP contribution in [0, 0.1) is 0 Å². The van der Waals surface area contributed by atoms with Gasteiger partial charge in [-0.25, -0.2) is 4.42 Å². The molecule has 0 amide bonds. The molecule has 2 heterocycles. The predicted octanol–water partition coefficient (Wildman–Crippen LogP) is 1.33. The molecule has 1 fully saturated rings. The molecular weight excluding hydrogens is 440 g/mol. The van der Waals surface area contributed by atoms with Crippen LogP contribution < -0.4 is 14.2 Å². The van der Waals surface area contributed by atoms with E-state index in [1.807, 2.05) is 0 Å². The Labute approximate surface area is 187 Å². The second-order valence-corrected chi connectivity index (χ2v) is 7.41. The third-order valence-corrected chi connectivity index (χ3v) is 5.26. The first-order chi connectivity index (χ1) is 15.7. The van der Waals surface area contributed by atoms with Gasteiger partial charge in [-0.1, -0.05) is 0 Å². The van der Waals surface area contributed by atoms with E-state index in [4.69, 9.17) is 23.4 Å². The normalized spacial score (nSPS) is 22.8. The van der Waals surface area contributed by atoms with Crippen molar-refractivity contribution in [1.29, 1.82) is 0 Å². The van der Waals surface area contributed by atoms with Gasteiger partial charge in [0.05, 0.1) is 32.5 Å². The van der Waals surface area contributed by atoms with Gasteiger partial charge in [0.15, 0.2) is 11.5 Å². The van der Waals surface area contributed by atoms with Gasteiger partial charge in [0, 0.05) is 24.3 Å². The number of aliphatic hydroxyl groups is 3. The van der Waals surface area contributed by atoms with Crippen LogP contribution in [-0.4, -0.2) is 76.1 Å². The molecule has 4 atom stereocenters. The van der Waals surface area contributed by atoms with Gasteiger partial charge >= 0.3 is 11.3 Å². The molecule has 0 spiro atoms. The minimum Gasteiger partial charge on any atom is -0.507 e. The van der Waals surface area contributed by atoms with E-state index in [0.29, 0.717) is 5.56 Å². The van der Waals surface area contributed by atoms with Crippen LogP contribution in [0.5, 0.6) is 34.5 Å². The first kappa shape index (κ1) is 22.7. The summed E-state index contributed by atoms with van der Waals surface area (Å²) in [4.78, 5) is 0. The minimum atomic E-state index is -1.59. The number of hydrogen-bond donors (Lipinski definition) is 6. The van der Waals surface area contributed by atoms with Crippen molar-refractivity contribution in [3.63, 3.8) is 0 Å². The van der Waals surface area contributed by atoms with Crippen LogP contribution in [0.25, 0.3) is 22.3 Å².